The van der Waals surface area contributed by atoms with E-state index in [9.17, 15) is 14.4 Å². The zero-order valence-corrected chi connectivity index (χ0v) is 11.2. The molecular weight excluding hydrogens is 274 g/mol. The molecule has 19 heavy (non-hydrogen) atoms. The fraction of sp³-hybridized carbons (Fsp3) is 0.600. The van der Waals surface area contributed by atoms with Gasteiger partial charge in [0.15, 0.2) is 5.16 Å². The Kier molecular flexibility index (Phi) is 6.13. The molecule has 0 aliphatic rings. The van der Waals surface area contributed by atoms with Gasteiger partial charge in [-0.25, -0.2) is 9.89 Å². The fourth-order valence-electron chi connectivity index (χ4n) is 1.35. The van der Waals surface area contributed by atoms with E-state index in [0.717, 1.165) is 11.8 Å². The Labute approximate surface area is 113 Å². The summed E-state index contributed by atoms with van der Waals surface area (Å²) < 4.78 is 6.08. The highest BCUT2D eigenvalue weighted by Crippen LogP contribution is 2.13. The predicted molar refractivity (Wildman–Crippen MR) is 67.1 cm³/mol. The summed E-state index contributed by atoms with van der Waals surface area (Å²) in [5, 5.41) is 14.9. The van der Waals surface area contributed by atoms with Crippen molar-refractivity contribution in [2.24, 2.45) is 0 Å². The van der Waals surface area contributed by atoms with Gasteiger partial charge in [-0.2, -0.15) is 0 Å². The van der Waals surface area contributed by atoms with Gasteiger partial charge in [-0.15, -0.1) is 5.10 Å². The van der Waals surface area contributed by atoms with E-state index in [2.05, 4.69) is 10.2 Å². The van der Waals surface area contributed by atoms with Crippen LogP contribution in [0.4, 0.5) is 0 Å². The van der Waals surface area contributed by atoms with Crippen molar-refractivity contribution >= 4 is 23.7 Å². The Bertz CT molecular complexity index is 496. The molecule has 0 unspecified atom stereocenters. The number of carboxylic acids is 1. The lowest BCUT2D eigenvalue weighted by Gasteiger charge is -2.04. The summed E-state index contributed by atoms with van der Waals surface area (Å²) in [6.07, 6.45) is 0.632. The number of thioether (sulfide) groups is 1. The van der Waals surface area contributed by atoms with Gasteiger partial charge in [0.2, 0.25) is 0 Å². The van der Waals surface area contributed by atoms with Gasteiger partial charge in [0, 0.05) is 13.0 Å². The monoisotopic (exact) mass is 289 g/mol. The van der Waals surface area contributed by atoms with Crippen molar-refractivity contribution in [3.05, 3.63) is 10.5 Å². The summed E-state index contributed by atoms with van der Waals surface area (Å²) in [5.74, 6) is -1.49. The lowest BCUT2D eigenvalue weighted by molar-refractivity contribution is -0.143. The lowest BCUT2D eigenvalue weighted by atomic mass is 10.3. The molecule has 1 rings (SSSR count). The number of H-pyrrole nitrogens is 1. The highest BCUT2D eigenvalue weighted by Gasteiger charge is 2.11. The zero-order chi connectivity index (χ0) is 14.3. The molecule has 9 heteroatoms. The van der Waals surface area contributed by atoms with Crippen LogP contribution in [-0.2, 0) is 20.9 Å². The third-order valence-corrected chi connectivity index (χ3v) is 3.08. The molecule has 106 valence electrons. The van der Waals surface area contributed by atoms with E-state index in [0.29, 0.717) is 18.2 Å². The van der Waals surface area contributed by atoms with Crippen molar-refractivity contribution in [2.75, 3.05) is 12.4 Å². The largest absolute Gasteiger partial charge is 0.481 e. The maximum absolute atomic E-state index is 11.5. The van der Waals surface area contributed by atoms with E-state index in [-0.39, 0.29) is 24.7 Å². The molecule has 1 aromatic rings. The number of aromatic nitrogens is 3. The van der Waals surface area contributed by atoms with Crippen molar-refractivity contribution in [1.29, 1.82) is 0 Å². The van der Waals surface area contributed by atoms with Crippen LogP contribution in [0.1, 0.15) is 19.8 Å². The molecule has 0 saturated carbocycles. The average Bonchev–Trinajstić information content (AvgIpc) is 2.69. The van der Waals surface area contributed by atoms with Crippen molar-refractivity contribution in [2.45, 2.75) is 31.5 Å². The van der Waals surface area contributed by atoms with Crippen LogP contribution in [0.25, 0.3) is 0 Å². The molecule has 0 aromatic carbocycles. The standard InChI is InChI=1S/C10H15N3O5S/c1-2-18-8(16)4-3-5-13-9(17)11-12-10(13)19-6-7(14)15/h2-6H2,1H3,(H,11,17)(H,14,15). The van der Waals surface area contributed by atoms with E-state index in [1.807, 2.05) is 0 Å². The number of hydrogen-bond acceptors (Lipinski definition) is 6. The number of ether oxygens (including phenoxy) is 1. The number of rotatable bonds is 8. The molecule has 0 aliphatic heterocycles. The van der Waals surface area contributed by atoms with Gasteiger partial charge < -0.3 is 9.84 Å². The number of carbonyl (C=O) groups is 2. The third kappa shape index (κ3) is 5.16. The van der Waals surface area contributed by atoms with E-state index in [1.54, 1.807) is 6.92 Å². The Hall–Kier alpha value is -1.77. The predicted octanol–water partition coefficient (Wildman–Crippen LogP) is 0.0914. The molecule has 0 fully saturated rings. The van der Waals surface area contributed by atoms with Gasteiger partial charge >= 0.3 is 17.6 Å². The first-order valence-electron chi connectivity index (χ1n) is 5.70. The number of hydrogen-bond donors (Lipinski definition) is 2. The van der Waals surface area contributed by atoms with Crippen molar-refractivity contribution in [1.82, 2.24) is 14.8 Å². The Morgan fingerprint density at radius 2 is 2.26 bits per heavy atom. The Morgan fingerprint density at radius 3 is 2.89 bits per heavy atom. The highest BCUT2D eigenvalue weighted by atomic mass is 32.2. The van der Waals surface area contributed by atoms with Gasteiger partial charge in [0.05, 0.1) is 12.4 Å². The zero-order valence-electron chi connectivity index (χ0n) is 10.4. The van der Waals surface area contributed by atoms with Gasteiger partial charge in [0.1, 0.15) is 0 Å². The van der Waals surface area contributed by atoms with Crippen molar-refractivity contribution < 1.29 is 19.4 Å². The van der Waals surface area contributed by atoms with Crippen LogP contribution in [0.5, 0.6) is 0 Å². The van der Waals surface area contributed by atoms with Gasteiger partial charge in [-0.3, -0.25) is 14.2 Å². The maximum Gasteiger partial charge on any atom is 0.343 e. The molecule has 2 N–H and O–H groups in total. The second kappa shape index (κ2) is 7.62. The topological polar surface area (TPSA) is 114 Å². The number of aliphatic carboxylic acids is 1. The first kappa shape index (κ1) is 15.3. The van der Waals surface area contributed by atoms with Crippen LogP contribution in [0, 0.1) is 0 Å². The summed E-state index contributed by atoms with van der Waals surface area (Å²) >= 11 is 0.950. The third-order valence-electron chi connectivity index (χ3n) is 2.12. The van der Waals surface area contributed by atoms with Crippen molar-refractivity contribution in [3.8, 4) is 0 Å². The molecular formula is C10H15N3O5S. The van der Waals surface area contributed by atoms with E-state index in [1.165, 1.54) is 4.57 Å². The Balaban J connectivity index is 2.52. The normalized spacial score (nSPS) is 10.4. The van der Waals surface area contributed by atoms with Gasteiger partial charge in [0.25, 0.3) is 0 Å². The minimum atomic E-state index is -0.987. The minimum Gasteiger partial charge on any atom is -0.481 e. The number of nitrogens with zero attached hydrogens (tertiary/aromatic N) is 2. The fourth-order valence-corrected chi connectivity index (χ4v) is 2.04. The summed E-state index contributed by atoms with van der Waals surface area (Å²) in [6, 6.07) is 0. The maximum atomic E-state index is 11.5. The van der Waals surface area contributed by atoms with Crippen LogP contribution >= 0.6 is 11.8 Å². The lowest BCUT2D eigenvalue weighted by Crippen LogP contribution is -2.19. The van der Waals surface area contributed by atoms with Crippen LogP contribution < -0.4 is 5.69 Å². The number of carbonyl (C=O) groups excluding carboxylic acids is 1. The smallest absolute Gasteiger partial charge is 0.343 e. The van der Waals surface area contributed by atoms with Crippen LogP contribution in [-0.4, -0.2) is 44.2 Å². The quantitative estimate of drug-likeness (QED) is 0.515. The molecule has 1 heterocycles. The summed E-state index contributed by atoms with van der Waals surface area (Å²) in [7, 11) is 0. The first-order chi connectivity index (χ1) is 9.04. The second-order valence-corrected chi connectivity index (χ2v) is 4.50. The van der Waals surface area contributed by atoms with Crippen LogP contribution in [0.3, 0.4) is 0 Å². The second-order valence-electron chi connectivity index (χ2n) is 3.55. The molecule has 0 saturated heterocycles. The van der Waals surface area contributed by atoms with Gasteiger partial charge in [-0.05, 0) is 13.3 Å². The van der Waals surface area contributed by atoms with Crippen molar-refractivity contribution in [3.63, 3.8) is 0 Å². The number of esters is 1. The number of nitrogens with one attached hydrogen (secondary N) is 1. The molecule has 8 nitrogen and oxygen atoms in total. The molecule has 1 aromatic heterocycles. The number of aromatic amines is 1. The molecule has 0 spiro atoms. The minimum absolute atomic E-state index is 0.178. The molecule has 0 radical (unpaired) electrons. The molecule has 0 bridgehead atoms. The molecule has 0 aliphatic carbocycles. The Morgan fingerprint density at radius 1 is 1.53 bits per heavy atom. The van der Waals surface area contributed by atoms with E-state index in [4.69, 9.17) is 9.84 Å². The van der Waals surface area contributed by atoms with E-state index >= 15 is 0 Å². The van der Waals surface area contributed by atoms with Crippen LogP contribution in [0.15, 0.2) is 9.95 Å². The highest BCUT2D eigenvalue weighted by molar-refractivity contribution is 7.99. The van der Waals surface area contributed by atoms with Gasteiger partial charge in [-0.1, -0.05) is 11.8 Å². The summed E-state index contributed by atoms with van der Waals surface area (Å²) in [6.45, 7) is 2.33. The van der Waals surface area contributed by atoms with Crippen LogP contribution in [0.2, 0.25) is 0 Å². The first-order valence-corrected chi connectivity index (χ1v) is 6.68. The SMILES string of the molecule is CCOC(=O)CCCn1c(SCC(=O)O)n[nH]c1=O. The van der Waals surface area contributed by atoms with E-state index < -0.39 is 11.7 Å². The molecule has 0 atom stereocenters. The average molecular weight is 289 g/mol. The molecule has 0 amide bonds. The summed E-state index contributed by atoms with van der Waals surface area (Å²) in [5.41, 5.74) is -0.420. The number of carboxylic acid groups (broad SMARTS) is 1. The summed E-state index contributed by atoms with van der Waals surface area (Å²) in [4.78, 5) is 33.1.